The summed E-state index contributed by atoms with van der Waals surface area (Å²) in [6.45, 7) is 2.98. The van der Waals surface area contributed by atoms with Crippen LogP contribution in [0.5, 0.6) is 0 Å². The number of fused-ring (bicyclic) bond motifs is 1. The first-order chi connectivity index (χ1) is 12.3. The van der Waals surface area contributed by atoms with E-state index in [-0.39, 0.29) is 0 Å². The molecular weight excluding hydrogens is 330 g/mol. The molecular formula is C19H19N5S. The minimum Gasteiger partial charge on any atom is -0.348 e. The number of nitrogens with one attached hydrogen (secondary N) is 1. The molecule has 0 unspecified atom stereocenters. The maximum Gasteiger partial charge on any atom is 0.140 e. The molecule has 0 saturated heterocycles. The van der Waals surface area contributed by atoms with E-state index in [9.17, 15) is 0 Å². The van der Waals surface area contributed by atoms with Crippen LogP contribution in [0.1, 0.15) is 11.4 Å². The summed E-state index contributed by atoms with van der Waals surface area (Å²) in [5.41, 5.74) is 4.41. The molecule has 6 heteroatoms. The Bertz CT molecular complexity index is 983. The summed E-state index contributed by atoms with van der Waals surface area (Å²) in [7, 11) is 0. The number of aryl methyl sites for hydroxylation is 2. The van der Waals surface area contributed by atoms with Crippen LogP contribution in [0.2, 0.25) is 0 Å². The zero-order chi connectivity index (χ0) is 17.1. The highest BCUT2D eigenvalue weighted by molar-refractivity contribution is 7.98. The number of hydrogen-bond donors (Lipinski definition) is 1. The highest BCUT2D eigenvalue weighted by atomic mass is 32.2. The zero-order valence-corrected chi connectivity index (χ0v) is 14.8. The second-order valence-electron chi connectivity index (χ2n) is 5.85. The second kappa shape index (κ2) is 7.11. The van der Waals surface area contributed by atoms with Crippen LogP contribution < -0.4 is 0 Å². The van der Waals surface area contributed by atoms with Crippen molar-refractivity contribution in [3.8, 4) is 11.4 Å². The van der Waals surface area contributed by atoms with Gasteiger partial charge in [0.25, 0.3) is 0 Å². The van der Waals surface area contributed by atoms with Gasteiger partial charge in [-0.15, -0.1) is 0 Å². The molecule has 1 N–H and O–H groups in total. The Morgan fingerprint density at radius 1 is 1.08 bits per heavy atom. The van der Waals surface area contributed by atoms with Crippen molar-refractivity contribution in [3.63, 3.8) is 0 Å². The van der Waals surface area contributed by atoms with Crippen molar-refractivity contribution in [1.82, 2.24) is 24.5 Å². The quantitative estimate of drug-likeness (QED) is 0.533. The van der Waals surface area contributed by atoms with E-state index in [0.29, 0.717) is 0 Å². The number of aromatic amines is 1. The van der Waals surface area contributed by atoms with Crippen LogP contribution in [0.4, 0.5) is 0 Å². The number of pyridine rings is 1. The number of rotatable bonds is 6. The molecule has 0 aliphatic rings. The molecule has 0 bridgehead atoms. The van der Waals surface area contributed by atoms with Gasteiger partial charge in [0, 0.05) is 53.3 Å². The van der Waals surface area contributed by atoms with Gasteiger partial charge in [-0.3, -0.25) is 4.98 Å². The van der Waals surface area contributed by atoms with E-state index >= 15 is 0 Å². The van der Waals surface area contributed by atoms with Crippen molar-refractivity contribution in [3.05, 3.63) is 66.6 Å². The van der Waals surface area contributed by atoms with Crippen LogP contribution in [0, 0.1) is 6.92 Å². The van der Waals surface area contributed by atoms with E-state index in [1.807, 2.05) is 54.6 Å². The highest BCUT2D eigenvalue weighted by Crippen LogP contribution is 2.26. The van der Waals surface area contributed by atoms with Gasteiger partial charge in [-0.2, -0.15) is 11.8 Å². The Kier molecular flexibility index (Phi) is 4.52. The Labute approximate surface area is 150 Å². The summed E-state index contributed by atoms with van der Waals surface area (Å²) in [6.07, 6.45) is 7.53. The first kappa shape index (κ1) is 15.9. The monoisotopic (exact) mass is 349 g/mol. The largest absolute Gasteiger partial charge is 0.348 e. The van der Waals surface area contributed by atoms with E-state index < -0.39 is 0 Å². The van der Waals surface area contributed by atoms with Crippen LogP contribution in [-0.4, -0.2) is 30.3 Å². The van der Waals surface area contributed by atoms with Gasteiger partial charge >= 0.3 is 0 Å². The van der Waals surface area contributed by atoms with Crippen molar-refractivity contribution in [2.75, 3.05) is 5.75 Å². The average Bonchev–Trinajstić information content (AvgIpc) is 3.27. The lowest BCUT2D eigenvalue weighted by atomic mass is 10.1. The fourth-order valence-corrected chi connectivity index (χ4v) is 3.84. The van der Waals surface area contributed by atoms with Crippen LogP contribution in [0.3, 0.4) is 0 Å². The molecule has 0 radical (unpaired) electrons. The molecule has 5 nitrogen and oxygen atoms in total. The third-order valence-corrected chi connectivity index (χ3v) is 5.20. The van der Waals surface area contributed by atoms with Crippen LogP contribution in [0.25, 0.3) is 22.3 Å². The molecule has 25 heavy (non-hydrogen) atoms. The maximum atomic E-state index is 4.59. The lowest BCUT2D eigenvalue weighted by Gasteiger charge is -2.10. The number of aromatic nitrogens is 5. The van der Waals surface area contributed by atoms with Crippen LogP contribution in [0.15, 0.2) is 55.2 Å². The van der Waals surface area contributed by atoms with E-state index in [4.69, 9.17) is 0 Å². The highest BCUT2D eigenvalue weighted by Gasteiger charge is 2.10. The van der Waals surface area contributed by atoms with Gasteiger partial charge in [-0.05, 0) is 19.1 Å². The minimum absolute atomic E-state index is 0.917. The fraction of sp³-hybridized carbons (Fsp3) is 0.211. The predicted molar refractivity (Wildman–Crippen MR) is 102 cm³/mol. The van der Waals surface area contributed by atoms with Crippen LogP contribution in [-0.2, 0) is 12.3 Å². The number of para-hydroxylation sites is 1. The third-order valence-electron chi connectivity index (χ3n) is 4.26. The molecule has 3 heterocycles. The molecule has 0 amide bonds. The molecule has 0 atom stereocenters. The van der Waals surface area contributed by atoms with Gasteiger partial charge in [-0.1, -0.05) is 18.2 Å². The lowest BCUT2D eigenvalue weighted by molar-refractivity contribution is 0.780. The first-order valence-electron chi connectivity index (χ1n) is 8.25. The summed E-state index contributed by atoms with van der Waals surface area (Å²) in [5.74, 6) is 2.94. The van der Waals surface area contributed by atoms with Gasteiger partial charge in [-0.25, -0.2) is 9.97 Å². The van der Waals surface area contributed by atoms with Gasteiger partial charge in [0.15, 0.2) is 0 Å². The molecule has 126 valence electrons. The topological polar surface area (TPSA) is 59.4 Å². The zero-order valence-electron chi connectivity index (χ0n) is 14.0. The summed E-state index contributed by atoms with van der Waals surface area (Å²) in [5, 5.41) is 1.14. The summed E-state index contributed by atoms with van der Waals surface area (Å²) in [6, 6.07) is 10.2. The number of imidazole rings is 2. The Morgan fingerprint density at radius 2 is 2.00 bits per heavy atom. The molecule has 4 rings (SSSR count). The van der Waals surface area contributed by atoms with Gasteiger partial charge < -0.3 is 9.55 Å². The molecule has 0 fully saturated rings. The molecule has 1 aromatic carbocycles. The van der Waals surface area contributed by atoms with Gasteiger partial charge in [0.1, 0.15) is 5.82 Å². The van der Waals surface area contributed by atoms with E-state index in [2.05, 4.69) is 37.5 Å². The normalized spacial score (nSPS) is 11.2. The van der Waals surface area contributed by atoms with Gasteiger partial charge in [0.05, 0.1) is 17.5 Å². The van der Waals surface area contributed by atoms with E-state index in [1.54, 1.807) is 6.33 Å². The van der Waals surface area contributed by atoms with Crippen molar-refractivity contribution in [1.29, 1.82) is 0 Å². The average molecular weight is 349 g/mol. The second-order valence-corrected chi connectivity index (χ2v) is 6.95. The third kappa shape index (κ3) is 3.30. The smallest absolute Gasteiger partial charge is 0.140 e. The summed E-state index contributed by atoms with van der Waals surface area (Å²) >= 11 is 1.89. The summed E-state index contributed by atoms with van der Waals surface area (Å²) in [4.78, 5) is 16.5. The van der Waals surface area contributed by atoms with Crippen LogP contribution >= 0.6 is 11.8 Å². The molecule has 0 aliphatic heterocycles. The summed E-state index contributed by atoms with van der Waals surface area (Å²) < 4.78 is 2.21. The van der Waals surface area contributed by atoms with Crippen molar-refractivity contribution < 1.29 is 0 Å². The van der Waals surface area contributed by atoms with E-state index in [1.165, 1.54) is 0 Å². The van der Waals surface area contributed by atoms with Crippen molar-refractivity contribution in [2.24, 2.45) is 0 Å². The van der Waals surface area contributed by atoms with Crippen molar-refractivity contribution in [2.45, 2.75) is 19.2 Å². The first-order valence-corrected chi connectivity index (χ1v) is 9.40. The molecule has 0 saturated carbocycles. The Morgan fingerprint density at radius 3 is 2.88 bits per heavy atom. The minimum atomic E-state index is 0.917. The predicted octanol–water partition coefficient (Wildman–Crippen LogP) is 4.06. The number of thioether (sulfide) groups is 1. The lowest BCUT2D eigenvalue weighted by Crippen LogP contribution is -2.03. The number of benzene rings is 1. The fourth-order valence-electron chi connectivity index (χ4n) is 2.89. The number of hydrogen-bond acceptors (Lipinski definition) is 4. The maximum absolute atomic E-state index is 4.59. The van der Waals surface area contributed by atoms with E-state index in [0.717, 1.165) is 51.7 Å². The molecule has 0 aliphatic carbocycles. The Balaban J connectivity index is 1.50. The number of nitrogens with zero attached hydrogens (tertiary/aromatic N) is 4. The van der Waals surface area contributed by atoms with Crippen molar-refractivity contribution >= 4 is 22.7 Å². The molecule has 3 aromatic heterocycles. The standard InChI is InChI=1S/C19H19N5S/c1-14-18(23-13-22-14)12-25-11-10-24-9-8-21-19(24)16-6-7-20-17-5-3-2-4-15(16)17/h2-9,13H,10-12H2,1H3,(H,22,23). The number of H-pyrrole nitrogens is 1. The van der Waals surface area contributed by atoms with Gasteiger partial charge in [0.2, 0.25) is 0 Å². The Hall–Kier alpha value is -2.60. The SMILES string of the molecule is Cc1[nH]cnc1CSCCn1ccnc1-c1ccnc2ccccc12. The molecule has 4 aromatic rings. The molecule has 0 spiro atoms.